The Hall–Kier alpha value is -2.53. The Morgan fingerprint density at radius 3 is 2.52 bits per heavy atom. The summed E-state index contributed by atoms with van der Waals surface area (Å²) >= 11 is 0. The Morgan fingerprint density at radius 1 is 1.11 bits per heavy atom. The van der Waals surface area contributed by atoms with Crippen LogP contribution in [0.2, 0.25) is 0 Å². The first kappa shape index (κ1) is 19.2. The monoisotopic (exact) mass is 367 g/mol. The molecule has 1 aliphatic heterocycles. The molecule has 0 radical (unpaired) electrons. The number of anilines is 2. The molecule has 0 aromatic heterocycles. The molecule has 1 saturated heterocycles. The van der Waals surface area contributed by atoms with E-state index >= 15 is 0 Å². The number of nitrogens with two attached hydrogens (primary N) is 1. The second kappa shape index (κ2) is 8.44. The summed E-state index contributed by atoms with van der Waals surface area (Å²) in [5, 5.41) is 0. The fourth-order valence-corrected chi connectivity index (χ4v) is 3.60. The van der Waals surface area contributed by atoms with Crippen molar-refractivity contribution in [2.45, 2.75) is 20.3 Å². The number of rotatable bonds is 6. The van der Waals surface area contributed by atoms with Gasteiger partial charge in [0.1, 0.15) is 5.75 Å². The maximum Gasteiger partial charge on any atom is 0.164 e. The van der Waals surface area contributed by atoms with Crippen LogP contribution in [0.25, 0.3) is 0 Å². The third-order valence-corrected chi connectivity index (χ3v) is 5.50. The van der Waals surface area contributed by atoms with Crippen molar-refractivity contribution >= 4 is 17.2 Å². The molecule has 0 amide bonds. The van der Waals surface area contributed by atoms with Gasteiger partial charge in [0.2, 0.25) is 0 Å². The molecule has 144 valence electrons. The van der Waals surface area contributed by atoms with Crippen LogP contribution in [0, 0.1) is 13.8 Å². The van der Waals surface area contributed by atoms with Crippen molar-refractivity contribution in [3.8, 4) is 5.75 Å². The first-order valence-corrected chi connectivity index (χ1v) is 9.50. The van der Waals surface area contributed by atoms with Crippen molar-refractivity contribution in [1.82, 2.24) is 4.90 Å². The number of carbonyl (C=O) groups excluding carboxylic acids is 1. The van der Waals surface area contributed by atoms with Gasteiger partial charge in [-0.2, -0.15) is 0 Å². The fraction of sp³-hybridized carbons (Fsp3) is 0.409. The van der Waals surface area contributed by atoms with Crippen molar-refractivity contribution < 1.29 is 9.53 Å². The van der Waals surface area contributed by atoms with Crippen molar-refractivity contribution in [1.29, 1.82) is 0 Å². The quantitative estimate of drug-likeness (QED) is 0.627. The highest BCUT2D eigenvalue weighted by Crippen LogP contribution is 2.24. The Morgan fingerprint density at radius 2 is 1.85 bits per heavy atom. The molecule has 0 saturated carbocycles. The van der Waals surface area contributed by atoms with E-state index in [1.807, 2.05) is 0 Å². The molecule has 0 unspecified atom stereocenters. The number of hydrogen-bond acceptors (Lipinski definition) is 5. The first-order valence-electron chi connectivity index (χ1n) is 9.50. The van der Waals surface area contributed by atoms with Gasteiger partial charge in [0.25, 0.3) is 0 Å². The number of methoxy groups -OCH3 is 1. The molecule has 1 fully saturated rings. The van der Waals surface area contributed by atoms with Crippen LogP contribution in [0.1, 0.15) is 27.9 Å². The normalized spacial score (nSPS) is 15.0. The average molecular weight is 367 g/mol. The van der Waals surface area contributed by atoms with E-state index in [-0.39, 0.29) is 5.78 Å². The van der Waals surface area contributed by atoms with Crippen LogP contribution in [0.4, 0.5) is 11.4 Å². The number of nitrogens with zero attached hydrogens (tertiary/aromatic N) is 2. The van der Waals surface area contributed by atoms with Crippen LogP contribution >= 0.6 is 0 Å². The predicted molar refractivity (Wildman–Crippen MR) is 111 cm³/mol. The summed E-state index contributed by atoms with van der Waals surface area (Å²) in [5.41, 5.74) is 11.1. The third-order valence-electron chi connectivity index (χ3n) is 5.50. The summed E-state index contributed by atoms with van der Waals surface area (Å²) in [6.07, 6.45) is 0.509. The highest BCUT2D eigenvalue weighted by Gasteiger charge is 2.19. The Kier molecular flexibility index (Phi) is 6.01. The second-order valence-corrected chi connectivity index (χ2v) is 7.18. The number of nitrogen functional groups attached to an aromatic ring is 1. The summed E-state index contributed by atoms with van der Waals surface area (Å²) in [6, 6.07) is 11.7. The van der Waals surface area contributed by atoms with Gasteiger partial charge < -0.3 is 15.4 Å². The van der Waals surface area contributed by atoms with E-state index in [1.165, 1.54) is 16.8 Å². The lowest BCUT2D eigenvalue weighted by atomic mass is 10.1. The zero-order chi connectivity index (χ0) is 19.4. The van der Waals surface area contributed by atoms with Gasteiger partial charge >= 0.3 is 0 Å². The number of ether oxygens (including phenoxy) is 1. The molecule has 0 atom stereocenters. The molecule has 5 nitrogen and oxygen atoms in total. The van der Waals surface area contributed by atoms with Gasteiger partial charge in [-0.05, 0) is 49.2 Å². The van der Waals surface area contributed by atoms with Gasteiger partial charge in [-0.15, -0.1) is 0 Å². The maximum absolute atomic E-state index is 12.5. The van der Waals surface area contributed by atoms with Crippen molar-refractivity contribution in [3.05, 3.63) is 53.1 Å². The topological polar surface area (TPSA) is 58.8 Å². The van der Waals surface area contributed by atoms with Gasteiger partial charge in [-0.3, -0.25) is 9.69 Å². The van der Waals surface area contributed by atoms with Crippen molar-refractivity contribution in [3.63, 3.8) is 0 Å². The highest BCUT2D eigenvalue weighted by atomic mass is 16.5. The third kappa shape index (κ3) is 4.42. The Bertz CT molecular complexity index is 811. The minimum absolute atomic E-state index is 0.126. The van der Waals surface area contributed by atoms with Crippen LogP contribution in [0.3, 0.4) is 0 Å². The molecule has 1 aliphatic rings. The first-order chi connectivity index (χ1) is 13.0. The number of hydrogen-bond donors (Lipinski definition) is 1. The van der Waals surface area contributed by atoms with E-state index in [9.17, 15) is 4.79 Å². The Labute approximate surface area is 161 Å². The van der Waals surface area contributed by atoms with Crippen LogP contribution in [-0.2, 0) is 0 Å². The molecule has 2 N–H and O–H groups in total. The second-order valence-electron chi connectivity index (χ2n) is 7.18. The lowest BCUT2D eigenvalue weighted by Gasteiger charge is -2.37. The standard InChI is InChI=1S/C22H29N3O2/c1-16-5-4-6-20(17(16)2)25-13-11-24(12-14-25)10-9-21(26)18-7-8-22(27-3)19(23)15-18/h4-8,15H,9-14,23H2,1-3H3. The van der Waals surface area contributed by atoms with E-state index in [4.69, 9.17) is 10.5 Å². The van der Waals surface area contributed by atoms with Crippen LogP contribution in [0.15, 0.2) is 36.4 Å². The molecule has 0 spiro atoms. The number of aryl methyl sites for hydroxylation is 1. The molecule has 5 heteroatoms. The number of piperazine rings is 1. The molecule has 2 aromatic carbocycles. The molecule has 0 aliphatic carbocycles. The molecular formula is C22H29N3O2. The molecule has 1 heterocycles. The summed E-state index contributed by atoms with van der Waals surface area (Å²) in [4.78, 5) is 17.3. The minimum atomic E-state index is 0.126. The van der Waals surface area contributed by atoms with Gasteiger partial charge in [0.05, 0.1) is 12.8 Å². The van der Waals surface area contributed by atoms with E-state index in [0.29, 0.717) is 23.4 Å². The average Bonchev–Trinajstić information content (AvgIpc) is 2.68. The SMILES string of the molecule is COc1ccc(C(=O)CCN2CCN(c3cccc(C)c3C)CC2)cc1N. The van der Waals surface area contributed by atoms with E-state index < -0.39 is 0 Å². The number of Topliss-reactive ketones (excluding diaryl/α,β-unsaturated/α-hetero) is 1. The lowest BCUT2D eigenvalue weighted by Crippen LogP contribution is -2.47. The zero-order valence-electron chi connectivity index (χ0n) is 16.5. The van der Waals surface area contributed by atoms with Crippen LogP contribution in [-0.4, -0.2) is 50.5 Å². The molecule has 3 rings (SSSR count). The van der Waals surface area contributed by atoms with Gasteiger partial charge in [-0.1, -0.05) is 12.1 Å². The molecular weight excluding hydrogens is 338 g/mol. The van der Waals surface area contributed by atoms with Gasteiger partial charge in [0, 0.05) is 50.4 Å². The number of benzene rings is 2. The van der Waals surface area contributed by atoms with Gasteiger partial charge in [-0.25, -0.2) is 0 Å². The van der Waals surface area contributed by atoms with E-state index in [1.54, 1.807) is 25.3 Å². The number of ketones is 1. The smallest absolute Gasteiger partial charge is 0.164 e. The van der Waals surface area contributed by atoms with Crippen LogP contribution < -0.4 is 15.4 Å². The summed E-state index contributed by atoms with van der Waals surface area (Å²) < 4.78 is 5.15. The minimum Gasteiger partial charge on any atom is -0.495 e. The van der Waals surface area contributed by atoms with Gasteiger partial charge in [0.15, 0.2) is 5.78 Å². The van der Waals surface area contributed by atoms with E-state index in [0.717, 1.165) is 32.7 Å². The van der Waals surface area contributed by atoms with Crippen molar-refractivity contribution in [2.24, 2.45) is 0 Å². The zero-order valence-corrected chi connectivity index (χ0v) is 16.5. The summed E-state index contributed by atoms with van der Waals surface area (Å²) in [7, 11) is 1.57. The van der Waals surface area contributed by atoms with Crippen LogP contribution in [0.5, 0.6) is 5.75 Å². The molecule has 27 heavy (non-hydrogen) atoms. The molecule has 2 aromatic rings. The van der Waals surface area contributed by atoms with Crippen molar-refractivity contribution in [2.75, 3.05) is 50.5 Å². The predicted octanol–water partition coefficient (Wildman–Crippen LogP) is 3.29. The van der Waals surface area contributed by atoms with E-state index in [2.05, 4.69) is 41.8 Å². The largest absolute Gasteiger partial charge is 0.495 e. The Balaban J connectivity index is 1.51. The maximum atomic E-state index is 12.5. The number of carbonyl (C=O) groups is 1. The molecule has 0 bridgehead atoms. The fourth-order valence-electron chi connectivity index (χ4n) is 3.60. The summed E-state index contributed by atoms with van der Waals surface area (Å²) in [5.74, 6) is 0.732. The summed E-state index contributed by atoms with van der Waals surface area (Å²) in [6.45, 7) is 9.08. The highest BCUT2D eigenvalue weighted by molar-refractivity contribution is 5.97. The lowest BCUT2D eigenvalue weighted by molar-refractivity contribution is 0.0962.